The van der Waals surface area contributed by atoms with Gasteiger partial charge < -0.3 is 0 Å². The number of hydrogen-bond donors (Lipinski definition) is 0. The zero-order chi connectivity index (χ0) is 12.3. The molecule has 0 heterocycles. The first-order valence-corrected chi connectivity index (χ1v) is 6.40. The number of hydrogen-bond acceptors (Lipinski definition) is 1. The molecule has 0 amide bonds. The highest BCUT2D eigenvalue weighted by atomic mass is 79.9. The molecule has 0 N–H and O–H groups in total. The number of nitrogens with zero attached hydrogens (tertiary/aromatic N) is 3. The highest BCUT2D eigenvalue weighted by molar-refractivity contribution is 9.11. The van der Waals surface area contributed by atoms with Crippen LogP contribution in [0.3, 0.4) is 0 Å². The summed E-state index contributed by atoms with van der Waals surface area (Å²) < 4.78 is 1.70. The number of halogens is 2. The molecule has 3 nitrogen and oxygen atoms in total. The molecule has 0 aliphatic carbocycles. The lowest BCUT2D eigenvalue weighted by atomic mass is 10.0. The molecule has 0 unspecified atom stereocenters. The molecule has 0 aliphatic rings. The Morgan fingerprint density at radius 3 is 2.41 bits per heavy atom. The second-order valence-corrected chi connectivity index (χ2v) is 5.11. The molecule has 0 saturated carbocycles. The van der Waals surface area contributed by atoms with Crippen LogP contribution in [0.5, 0.6) is 0 Å². The van der Waals surface area contributed by atoms with Gasteiger partial charge in [-0.25, -0.2) is 0 Å². The molecular formula is C12H7Br2N3. The molecule has 0 radical (unpaired) electrons. The van der Waals surface area contributed by atoms with Crippen molar-refractivity contribution in [3.63, 3.8) is 0 Å². The van der Waals surface area contributed by atoms with Gasteiger partial charge in [-0.15, -0.1) is 0 Å². The molecule has 5 heteroatoms. The van der Waals surface area contributed by atoms with Crippen LogP contribution in [-0.2, 0) is 0 Å². The Kier molecular flexibility index (Phi) is 3.84. The predicted molar refractivity (Wildman–Crippen MR) is 76.1 cm³/mol. The normalized spacial score (nSPS) is 9.76. The lowest BCUT2D eigenvalue weighted by molar-refractivity contribution is 1.43. The van der Waals surface area contributed by atoms with Crippen LogP contribution in [0.2, 0.25) is 0 Å². The molecule has 0 fully saturated rings. The summed E-state index contributed by atoms with van der Waals surface area (Å²) in [4.78, 5) is 2.86. The van der Waals surface area contributed by atoms with E-state index in [1.165, 1.54) is 0 Å². The van der Waals surface area contributed by atoms with Crippen molar-refractivity contribution < 1.29 is 0 Å². The molecule has 0 saturated heterocycles. The SMILES string of the molecule is [N-]=[N+]=Nc1c(Br)cc(Br)cc1-c1ccccc1. The molecule has 0 spiro atoms. The Balaban J connectivity index is 2.71. The van der Waals surface area contributed by atoms with Crippen molar-refractivity contribution in [1.82, 2.24) is 0 Å². The van der Waals surface area contributed by atoms with E-state index in [0.717, 1.165) is 20.1 Å². The highest BCUT2D eigenvalue weighted by Gasteiger charge is 2.08. The minimum atomic E-state index is 0.599. The van der Waals surface area contributed by atoms with E-state index in [4.69, 9.17) is 5.53 Å². The summed E-state index contributed by atoms with van der Waals surface area (Å²) in [7, 11) is 0. The summed E-state index contributed by atoms with van der Waals surface area (Å²) in [6, 6.07) is 13.6. The first-order valence-electron chi connectivity index (χ1n) is 4.82. The number of azide groups is 1. The fourth-order valence-corrected chi connectivity index (χ4v) is 2.85. The quantitative estimate of drug-likeness (QED) is 0.371. The average Bonchev–Trinajstić information content (AvgIpc) is 2.33. The van der Waals surface area contributed by atoms with Crippen LogP contribution in [-0.4, -0.2) is 0 Å². The van der Waals surface area contributed by atoms with Crippen molar-refractivity contribution in [2.24, 2.45) is 5.11 Å². The molecule has 2 aromatic rings. The van der Waals surface area contributed by atoms with Gasteiger partial charge in [-0.2, -0.15) is 0 Å². The lowest BCUT2D eigenvalue weighted by Gasteiger charge is -2.08. The maximum Gasteiger partial charge on any atom is 0.0596 e. The second kappa shape index (κ2) is 5.36. The zero-order valence-electron chi connectivity index (χ0n) is 8.64. The molecule has 0 atom stereocenters. The summed E-state index contributed by atoms with van der Waals surface area (Å²) in [5.41, 5.74) is 11.1. The van der Waals surface area contributed by atoms with Crippen LogP contribution in [0.4, 0.5) is 5.69 Å². The van der Waals surface area contributed by atoms with Gasteiger partial charge in [0.2, 0.25) is 0 Å². The largest absolute Gasteiger partial charge is 0.0622 e. The molecule has 2 rings (SSSR count). The van der Waals surface area contributed by atoms with Crippen molar-refractivity contribution in [1.29, 1.82) is 0 Å². The summed E-state index contributed by atoms with van der Waals surface area (Å²) in [6.07, 6.45) is 0. The Labute approximate surface area is 115 Å². The van der Waals surface area contributed by atoms with Crippen LogP contribution in [0.1, 0.15) is 0 Å². The van der Waals surface area contributed by atoms with Crippen LogP contribution < -0.4 is 0 Å². The van der Waals surface area contributed by atoms with E-state index in [0.29, 0.717) is 5.69 Å². The van der Waals surface area contributed by atoms with Gasteiger partial charge in [-0.3, -0.25) is 0 Å². The van der Waals surface area contributed by atoms with E-state index in [-0.39, 0.29) is 0 Å². The fraction of sp³-hybridized carbons (Fsp3) is 0. The van der Waals surface area contributed by atoms with Gasteiger partial charge in [0.25, 0.3) is 0 Å². The van der Waals surface area contributed by atoms with E-state index in [2.05, 4.69) is 41.9 Å². The summed E-state index contributed by atoms with van der Waals surface area (Å²) in [5, 5.41) is 3.74. The maximum atomic E-state index is 8.61. The molecule has 17 heavy (non-hydrogen) atoms. The fourth-order valence-electron chi connectivity index (χ4n) is 1.55. The standard InChI is InChI=1S/C12H7Br2N3/c13-9-6-10(8-4-2-1-3-5-8)12(16-17-15)11(14)7-9/h1-7H. The topological polar surface area (TPSA) is 48.8 Å². The van der Waals surface area contributed by atoms with Crippen LogP contribution in [0.15, 0.2) is 56.5 Å². The van der Waals surface area contributed by atoms with Crippen molar-refractivity contribution in [3.05, 3.63) is 61.9 Å². The summed E-state index contributed by atoms with van der Waals surface area (Å²) in [6.45, 7) is 0. The van der Waals surface area contributed by atoms with Crippen molar-refractivity contribution in [2.45, 2.75) is 0 Å². The highest BCUT2D eigenvalue weighted by Crippen LogP contribution is 2.39. The molecule has 2 aromatic carbocycles. The van der Waals surface area contributed by atoms with E-state index < -0.39 is 0 Å². The predicted octanol–water partition coefficient (Wildman–Crippen LogP) is 5.82. The minimum absolute atomic E-state index is 0.599. The van der Waals surface area contributed by atoms with Crippen LogP contribution >= 0.6 is 31.9 Å². The Hall–Kier alpha value is -1.29. The van der Waals surface area contributed by atoms with Gasteiger partial charge in [0.05, 0.1) is 5.69 Å². The molecular weight excluding hydrogens is 346 g/mol. The third-order valence-electron chi connectivity index (χ3n) is 2.26. The van der Waals surface area contributed by atoms with Gasteiger partial charge >= 0.3 is 0 Å². The van der Waals surface area contributed by atoms with E-state index in [1.54, 1.807) is 0 Å². The smallest absolute Gasteiger partial charge is 0.0596 e. The Morgan fingerprint density at radius 1 is 1.06 bits per heavy atom. The van der Waals surface area contributed by atoms with Gasteiger partial charge in [-0.05, 0) is 28.8 Å². The van der Waals surface area contributed by atoms with Crippen molar-refractivity contribution >= 4 is 37.5 Å². The van der Waals surface area contributed by atoms with E-state index >= 15 is 0 Å². The number of rotatable bonds is 2. The van der Waals surface area contributed by atoms with Gasteiger partial charge in [0.15, 0.2) is 0 Å². The van der Waals surface area contributed by atoms with Gasteiger partial charge in [0.1, 0.15) is 0 Å². The Bertz CT molecular complexity index is 590. The van der Waals surface area contributed by atoms with Crippen molar-refractivity contribution in [2.75, 3.05) is 0 Å². The molecule has 84 valence electrons. The monoisotopic (exact) mass is 351 g/mol. The van der Waals surface area contributed by atoms with Crippen molar-refractivity contribution in [3.8, 4) is 11.1 Å². The first-order chi connectivity index (χ1) is 8.22. The molecule has 0 aliphatic heterocycles. The summed E-state index contributed by atoms with van der Waals surface area (Å²) in [5.74, 6) is 0. The lowest BCUT2D eigenvalue weighted by Crippen LogP contribution is -1.80. The zero-order valence-corrected chi connectivity index (χ0v) is 11.8. The first kappa shape index (κ1) is 12.2. The van der Waals surface area contributed by atoms with E-state index in [1.807, 2.05) is 42.5 Å². The van der Waals surface area contributed by atoms with Crippen LogP contribution in [0.25, 0.3) is 21.6 Å². The minimum Gasteiger partial charge on any atom is -0.0622 e. The maximum absolute atomic E-state index is 8.61. The van der Waals surface area contributed by atoms with Gasteiger partial charge in [0, 0.05) is 13.9 Å². The Morgan fingerprint density at radius 2 is 1.76 bits per heavy atom. The van der Waals surface area contributed by atoms with Crippen LogP contribution in [0, 0.1) is 0 Å². The second-order valence-electron chi connectivity index (χ2n) is 3.34. The van der Waals surface area contributed by atoms with E-state index in [9.17, 15) is 0 Å². The number of benzene rings is 2. The molecule has 0 aromatic heterocycles. The summed E-state index contributed by atoms with van der Waals surface area (Å²) >= 11 is 6.83. The third-order valence-corrected chi connectivity index (χ3v) is 3.32. The molecule has 0 bridgehead atoms. The third kappa shape index (κ3) is 2.69. The average molecular weight is 353 g/mol. The van der Waals surface area contributed by atoms with Gasteiger partial charge in [-0.1, -0.05) is 67.3 Å².